The molecular weight excluding hydrogens is 325 g/mol. The van der Waals surface area contributed by atoms with Crippen molar-refractivity contribution in [3.8, 4) is 0 Å². The fourth-order valence-electron chi connectivity index (χ4n) is 3.28. The Hall–Kier alpha value is -2.48. The van der Waals surface area contributed by atoms with Gasteiger partial charge in [-0.1, -0.05) is 0 Å². The van der Waals surface area contributed by atoms with Gasteiger partial charge in [-0.15, -0.1) is 0 Å². The van der Waals surface area contributed by atoms with Crippen molar-refractivity contribution in [2.24, 2.45) is 11.7 Å². The molecule has 2 amide bonds. The second-order valence-corrected chi connectivity index (χ2v) is 6.56. The molecule has 8 heteroatoms. The number of hydrogen-bond donors (Lipinski definition) is 2. The third kappa shape index (κ3) is 4.14. The lowest BCUT2D eigenvalue weighted by Gasteiger charge is -2.32. The summed E-state index contributed by atoms with van der Waals surface area (Å²) < 4.78 is 13.2. The van der Waals surface area contributed by atoms with E-state index in [-0.39, 0.29) is 30.1 Å². The Kier molecular flexibility index (Phi) is 4.98. The van der Waals surface area contributed by atoms with E-state index in [2.05, 4.69) is 9.97 Å². The Morgan fingerprint density at radius 1 is 1.40 bits per heavy atom. The number of nitrogens with one attached hydrogen (secondary N) is 1. The number of benzene rings is 1. The first-order chi connectivity index (χ1) is 11.9. The molecule has 3 rings (SSSR count). The number of aromatic amines is 1. The molecule has 0 saturated carbocycles. The molecule has 1 aromatic carbocycles. The molecule has 134 valence electrons. The maximum atomic E-state index is 13.2. The molecule has 1 aliphatic rings. The van der Waals surface area contributed by atoms with E-state index in [0.717, 1.165) is 0 Å². The lowest BCUT2D eigenvalue weighted by molar-refractivity contribution is -0.136. The second-order valence-electron chi connectivity index (χ2n) is 6.56. The molecule has 0 unspecified atom stereocenters. The highest BCUT2D eigenvalue weighted by molar-refractivity contribution is 5.79. The number of hydrogen-bond acceptors (Lipinski definition) is 4. The zero-order valence-electron chi connectivity index (χ0n) is 14.2. The van der Waals surface area contributed by atoms with Crippen LogP contribution in [0.15, 0.2) is 18.2 Å². The second kappa shape index (κ2) is 7.18. The van der Waals surface area contributed by atoms with E-state index < -0.39 is 0 Å². The smallest absolute Gasteiger partial charge is 0.231 e. The fraction of sp³-hybridized carbons (Fsp3) is 0.471. The largest absolute Gasteiger partial charge is 0.369 e. The number of nitrogens with zero attached hydrogens (tertiary/aromatic N) is 3. The number of rotatable bonds is 5. The minimum Gasteiger partial charge on any atom is -0.369 e. The van der Waals surface area contributed by atoms with Crippen LogP contribution in [-0.2, 0) is 16.1 Å². The monoisotopic (exact) mass is 347 g/mol. The molecule has 7 nitrogen and oxygen atoms in total. The van der Waals surface area contributed by atoms with E-state index >= 15 is 0 Å². The quantitative estimate of drug-likeness (QED) is 0.838. The fourth-order valence-corrected chi connectivity index (χ4v) is 3.28. The van der Waals surface area contributed by atoms with Gasteiger partial charge in [0.25, 0.3) is 0 Å². The van der Waals surface area contributed by atoms with Crippen LogP contribution in [-0.4, -0.2) is 58.3 Å². The van der Waals surface area contributed by atoms with Gasteiger partial charge >= 0.3 is 0 Å². The van der Waals surface area contributed by atoms with Crippen molar-refractivity contribution in [1.82, 2.24) is 19.8 Å². The molecule has 1 aromatic heterocycles. The zero-order valence-corrected chi connectivity index (χ0v) is 14.2. The van der Waals surface area contributed by atoms with Crippen LogP contribution in [0.3, 0.4) is 0 Å². The number of primary amides is 1. The number of fused-ring (bicyclic) bond motifs is 1. The number of carbonyl (C=O) groups is 2. The number of halogens is 1. The molecule has 1 saturated heterocycles. The SMILES string of the molecule is CN(Cc1nc2ccc(F)cc2[nH]1)C(=O)C1CCN(CC(N)=O)CC1. The van der Waals surface area contributed by atoms with Crippen molar-refractivity contribution in [2.45, 2.75) is 19.4 Å². The van der Waals surface area contributed by atoms with Gasteiger partial charge in [-0.2, -0.15) is 0 Å². The molecule has 0 aliphatic carbocycles. The van der Waals surface area contributed by atoms with Gasteiger partial charge < -0.3 is 15.6 Å². The van der Waals surface area contributed by atoms with Crippen molar-refractivity contribution < 1.29 is 14.0 Å². The third-order valence-corrected chi connectivity index (χ3v) is 4.57. The maximum absolute atomic E-state index is 13.2. The summed E-state index contributed by atoms with van der Waals surface area (Å²) in [6.45, 7) is 1.97. The van der Waals surface area contributed by atoms with Crippen LogP contribution in [0.5, 0.6) is 0 Å². The van der Waals surface area contributed by atoms with Gasteiger partial charge in [0.05, 0.1) is 24.1 Å². The Labute approximate surface area is 145 Å². The number of carbonyl (C=O) groups excluding carboxylic acids is 2. The topological polar surface area (TPSA) is 95.3 Å². The van der Waals surface area contributed by atoms with E-state index in [1.165, 1.54) is 12.1 Å². The van der Waals surface area contributed by atoms with Crippen LogP contribution in [0, 0.1) is 11.7 Å². The average molecular weight is 347 g/mol. The van der Waals surface area contributed by atoms with Gasteiger partial charge in [0.15, 0.2) is 0 Å². The summed E-state index contributed by atoms with van der Waals surface area (Å²) in [4.78, 5) is 34.6. The van der Waals surface area contributed by atoms with Gasteiger partial charge in [0.2, 0.25) is 11.8 Å². The van der Waals surface area contributed by atoms with Crippen LogP contribution >= 0.6 is 0 Å². The highest BCUT2D eigenvalue weighted by atomic mass is 19.1. The minimum absolute atomic E-state index is 0.0593. The summed E-state index contributed by atoms with van der Waals surface area (Å²) in [7, 11) is 1.74. The number of amides is 2. The predicted octanol–water partition coefficient (Wildman–Crippen LogP) is 0.858. The highest BCUT2D eigenvalue weighted by Crippen LogP contribution is 2.20. The Morgan fingerprint density at radius 3 is 2.80 bits per heavy atom. The van der Waals surface area contributed by atoms with Crippen molar-refractivity contribution in [1.29, 1.82) is 0 Å². The normalized spacial score (nSPS) is 16.2. The molecule has 0 bridgehead atoms. The van der Waals surface area contributed by atoms with E-state index in [1.54, 1.807) is 18.0 Å². The number of H-pyrrole nitrogens is 1. The molecular formula is C17H22FN5O2. The molecule has 2 heterocycles. The van der Waals surface area contributed by atoms with Crippen LogP contribution in [0.4, 0.5) is 4.39 Å². The first-order valence-electron chi connectivity index (χ1n) is 8.32. The summed E-state index contributed by atoms with van der Waals surface area (Å²) in [5.74, 6) is -0.0398. The van der Waals surface area contributed by atoms with Crippen LogP contribution in [0.1, 0.15) is 18.7 Å². The number of likely N-dealkylation sites (tertiary alicyclic amines) is 1. The third-order valence-electron chi connectivity index (χ3n) is 4.57. The molecule has 0 atom stereocenters. The van der Waals surface area contributed by atoms with Gasteiger partial charge in [0.1, 0.15) is 11.6 Å². The average Bonchev–Trinajstić information content (AvgIpc) is 2.95. The minimum atomic E-state index is -0.344. The summed E-state index contributed by atoms with van der Waals surface area (Å²) in [5.41, 5.74) is 6.50. The molecule has 2 aromatic rings. The standard InChI is InChI=1S/C17H22FN5O2/c1-22(10-16-20-13-3-2-12(18)8-14(13)21-16)17(25)11-4-6-23(7-5-11)9-15(19)24/h2-3,8,11H,4-7,9-10H2,1H3,(H2,19,24)(H,20,21). The number of piperidine rings is 1. The van der Waals surface area contributed by atoms with Crippen LogP contribution in [0.25, 0.3) is 11.0 Å². The highest BCUT2D eigenvalue weighted by Gasteiger charge is 2.28. The van der Waals surface area contributed by atoms with Crippen LogP contribution in [0.2, 0.25) is 0 Å². The Morgan fingerprint density at radius 2 is 2.12 bits per heavy atom. The van der Waals surface area contributed by atoms with E-state index in [0.29, 0.717) is 49.3 Å². The number of aromatic nitrogens is 2. The predicted molar refractivity (Wildman–Crippen MR) is 90.9 cm³/mol. The maximum Gasteiger partial charge on any atom is 0.231 e. The lowest BCUT2D eigenvalue weighted by Crippen LogP contribution is -2.43. The van der Waals surface area contributed by atoms with Crippen molar-refractivity contribution in [2.75, 3.05) is 26.7 Å². The van der Waals surface area contributed by atoms with Crippen molar-refractivity contribution in [3.05, 3.63) is 29.8 Å². The summed E-state index contributed by atoms with van der Waals surface area (Å²) in [5, 5.41) is 0. The molecule has 0 radical (unpaired) electrons. The number of nitrogens with two attached hydrogens (primary N) is 1. The first kappa shape index (κ1) is 17.3. The Bertz CT molecular complexity index is 782. The van der Waals surface area contributed by atoms with Gasteiger partial charge in [-0.25, -0.2) is 9.37 Å². The van der Waals surface area contributed by atoms with E-state index in [4.69, 9.17) is 5.73 Å². The molecule has 0 spiro atoms. The molecule has 25 heavy (non-hydrogen) atoms. The van der Waals surface area contributed by atoms with Crippen LogP contribution < -0.4 is 5.73 Å². The van der Waals surface area contributed by atoms with Gasteiger partial charge in [0, 0.05) is 13.0 Å². The summed E-state index contributed by atoms with van der Waals surface area (Å²) in [6.07, 6.45) is 1.42. The van der Waals surface area contributed by atoms with Gasteiger partial charge in [-0.05, 0) is 44.1 Å². The summed E-state index contributed by atoms with van der Waals surface area (Å²) >= 11 is 0. The first-order valence-corrected chi connectivity index (χ1v) is 8.32. The van der Waals surface area contributed by atoms with Gasteiger partial charge in [-0.3, -0.25) is 14.5 Å². The lowest BCUT2D eigenvalue weighted by atomic mass is 9.95. The van der Waals surface area contributed by atoms with E-state index in [1.807, 2.05) is 4.90 Å². The van der Waals surface area contributed by atoms with Crippen molar-refractivity contribution in [3.63, 3.8) is 0 Å². The van der Waals surface area contributed by atoms with Crippen molar-refractivity contribution >= 4 is 22.8 Å². The summed E-state index contributed by atoms with van der Waals surface area (Å²) in [6, 6.07) is 4.37. The molecule has 1 fully saturated rings. The molecule has 1 aliphatic heterocycles. The Balaban J connectivity index is 1.58. The molecule has 3 N–H and O–H groups in total. The number of imidazole rings is 1. The zero-order chi connectivity index (χ0) is 18.0. The van der Waals surface area contributed by atoms with E-state index in [9.17, 15) is 14.0 Å².